The first kappa shape index (κ1) is 9.46. The lowest BCUT2D eigenvalue weighted by Crippen LogP contribution is -2.36. The number of rotatable bonds is 1. The lowest BCUT2D eigenvalue weighted by molar-refractivity contribution is 0.363. The van der Waals surface area contributed by atoms with Gasteiger partial charge in [-0.25, -0.2) is 0 Å². The van der Waals surface area contributed by atoms with Gasteiger partial charge in [-0.05, 0) is 32.4 Å². The van der Waals surface area contributed by atoms with E-state index in [-0.39, 0.29) is 5.56 Å². The van der Waals surface area contributed by atoms with E-state index in [4.69, 9.17) is 0 Å². The van der Waals surface area contributed by atoms with Crippen LogP contribution in [0.5, 0.6) is 0 Å². The summed E-state index contributed by atoms with van der Waals surface area (Å²) < 4.78 is 1.86. The number of piperidine rings is 1. The Morgan fingerprint density at radius 3 is 3.14 bits per heavy atom. The third-order valence-corrected chi connectivity index (χ3v) is 2.83. The number of nitrogens with zero attached hydrogens (tertiary/aromatic N) is 1. The van der Waals surface area contributed by atoms with Crippen molar-refractivity contribution in [2.75, 3.05) is 13.1 Å². The molecule has 14 heavy (non-hydrogen) atoms. The fraction of sp³-hybridized carbons (Fsp3) is 0.545. The van der Waals surface area contributed by atoms with Crippen molar-refractivity contribution in [3.63, 3.8) is 0 Å². The van der Waals surface area contributed by atoms with E-state index >= 15 is 0 Å². The van der Waals surface area contributed by atoms with Crippen LogP contribution >= 0.6 is 0 Å². The van der Waals surface area contributed by atoms with Gasteiger partial charge in [-0.15, -0.1) is 0 Å². The SMILES string of the molecule is Cc1cccn(C2CCCNC2)c1=O. The van der Waals surface area contributed by atoms with Gasteiger partial charge >= 0.3 is 0 Å². The van der Waals surface area contributed by atoms with Gasteiger partial charge in [0.05, 0.1) is 0 Å². The minimum atomic E-state index is 0.154. The first-order valence-corrected chi connectivity index (χ1v) is 5.17. The number of aromatic nitrogens is 1. The molecule has 1 aliphatic rings. The van der Waals surface area contributed by atoms with Crippen molar-refractivity contribution < 1.29 is 0 Å². The smallest absolute Gasteiger partial charge is 0.253 e. The summed E-state index contributed by atoms with van der Waals surface area (Å²) in [6, 6.07) is 4.16. The first-order valence-electron chi connectivity index (χ1n) is 5.17. The molecular weight excluding hydrogens is 176 g/mol. The van der Waals surface area contributed by atoms with Gasteiger partial charge in [0, 0.05) is 24.3 Å². The normalized spacial score (nSPS) is 22.2. The molecule has 0 amide bonds. The van der Waals surface area contributed by atoms with E-state index in [2.05, 4.69) is 5.32 Å². The summed E-state index contributed by atoms with van der Waals surface area (Å²) >= 11 is 0. The second-order valence-electron chi connectivity index (χ2n) is 3.90. The summed E-state index contributed by atoms with van der Waals surface area (Å²) in [5.41, 5.74) is 0.985. The van der Waals surface area contributed by atoms with E-state index in [1.165, 1.54) is 0 Å². The average molecular weight is 192 g/mol. The van der Waals surface area contributed by atoms with Gasteiger partial charge in [0.25, 0.3) is 5.56 Å². The van der Waals surface area contributed by atoms with Crippen molar-refractivity contribution in [1.29, 1.82) is 0 Å². The van der Waals surface area contributed by atoms with Gasteiger partial charge in [0.1, 0.15) is 0 Å². The highest BCUT2D eigenvalue weighted by Crippen LogP contribution is 2.13. The summed E-state index contributed by atoms with van der Waals surface area (Å²) in [4.78, 5) is 11.8. The highest BCUT2D eigenvalue weighted by atomic mass is 16.1. The van der Waals surface area contributed by atoms with Crippen molar-refractivity contribution in [2.45, 2.75) is 25.8 Å². The molecule has 0 radical (unpaired) electrons. The van der Waals surface area contributed by atoms with Crippen LogP contribution in [-0.4, -0.2) is 17.7 Å². The molecule has 0 saturated carbocycles. The molecule has 1 aliphatic heterocycles. The first-order chi connectivity index (χ1) is 6.79. The molecule has 1 N–H and O–H groups in total. The topological polar surface area (TPSA) is 34.0 Å². The Bertz CT molecular complexity index is 364. The molecule has 0 spiro atoms. The molecule has 1 atom stereocenters. The second kappa shape index (κ2) is 3.96. The zero-order valence-electron chi connectivity index (χ0n) is 8.49. The summed E-state index contributed by atoms with van der Waals surface area (Å²) in [7, 11) is 0. The third-order valence-electron chi connectivity index (χ3n) is 2.83. The molecule has 0 aliphatic carbocycles. The zero-order chi connectivity index (χ0) is 9.97. The highest BCUT2D eigenvalue weighted by molar-refractivity contribution is 5.08. The van der Waals surface area contributed by atoms with Crippen LogP contribution in [0, 0.1) is 6.92 Å². The Morgan fingerprint density at radius 2 is 2.43 bits per heavy atom. The molecule has 1 unspecified atom stereocenters. The van der Waals surface area contributed by atoms with E-state index in [1.54, 1.807) is 0 Å². The average Bonchev–Trinajstić information content (AvgIpc) is 2.23. The lowest BCUT2D eigenvalue weighted by atomic mass is 10.1. The van der Waals surface area contributed by atoms with E-state index in [0.29, 0.717) is 6.04 Å². The summed E-state index contributed by atoms with van der Waals surface area (Å²) in [5, 5.41) is 3.32. The highest BCUT2D eigenvalue weighted by Gasteiger charge is 2.15. The molecule has 0 bridgehead atoms. The predicted octanol–water partition coefficient (Wildman–Crippen LogP) is 1.08. The maximum atomic E-state index is 11.8. The van der Waals surface area contributed by atoms with Gasteiger partial charge in [0.2, 0.25) is 0 Å². The van der Waals surface area contributed by atoms with Crippen molar-refractivity contribution in [3.05, 3.63) is 34.2 Å². The van der Waals surface area contributed by atoms with E-state index < -0.39 is 0 Å². The Balaban J connectivity index is 2.31. The summed E-state index contributed by atoms with van der Waals surface area (Å²) in [6.45, 7) is 3.87. The van der Waals surface area contributed by atoms with E-state index in [9.17, 15) is 4.79 Å². The molecule has 1 aromatic rings. The molecular formula is C11H16N2O. The number of hydrogen-bond acceptors (Lipinski definition) is 2. The molecule has 2 rings (SSSR count). The van der Waals surface area contributed by atoms with Gasteiger partial charge in [-0.1, -0.05) is 6.07 Å². The quantitative estimate of drug-likeness (QED) is 0.722. The zero-order valence-corrected chi connectivity index (χ0v) is 8.49. The van der Waals surface area contributed by atoms with Crippen LogP contribution in [0.25, 0.3) is 0 Å². The van der Waals surface area contributed by atoms with Gasteiger partial charge in [0.15, 0.2) is 0 Å². The standard InChI is InChI=1S/C11H16N2O/c1-9-4-3-7-13(11(9)14)10-5-2-6-12-8-10/h3-4,7,10,12H,2,5-6,8H2,1H3. The van der Waals surface area contributed by atoms with Gasteiger partial charge < -0.3 is 9.88 Å². The Morgan fingerprint density at radius 1 is 1.57 bits per heavy atom. The minimum Gasteiger partial charge on any atom is -0.315 e. The largest absolute Gasteiger partial charge is 0.315 e. The monoisotopic (exact) mass is 192 g/mol. The van der Waals surface area contributed by atoms with Gasteiger partial charge in [-0.3, -0.25) is 4.79 Å². The van der Waals surface area contributed by atoms with Crippen LogP contribution in [0.3, 0.4) is 0 Å². The van der Waals surface area contributed by atoms with Crippen LogP contribution in [-0.2, 0) is 0 Å². The number of pyridine rings is 1. The second-order valence-corrected chi connectivity index (χ2v) is 3.90. The summed E-state index contributed by atoms with van der Waals surface area (Å²) in [5.74, 6) is 0. The van der Waals surface area contributed by atoms with Crippen molar-refractivity contribution >= 4 is 0 Å². The molecule has 1 aromatic heterocycles. The van der Waals surface area contributed by atoms with Crippen LogP contribution in [0.15, 0.2) is 23.1 Å². The Kier molecular flexibility index (Phi) is 2.68. The van der Waals surface area contributed by atoms with Crippen LogP contribution in [0.1, 0.15) is 24.4 Å². The lowest BCUT2D eigenvalue weighted by Gasteiger charge is -2.24. The molecule has 2 heterocycles. The third kappa shape index (κ3) is 1.73. The van der Waals surface area contributed by atoms with Crippen molar-refractivity contribution in [2.24, 2.45) is 0 Å². The fourth-order valence-electron chi connectivity index (χ4n) is 1.98. The van der Waals surface area contributed by atoms with E-state index in [1.807, 2.05) is 29.8 Å². The molecule has 0 aromatic carbocycles. The Hall–Kier alpha value is -1.09. The number of hydrogen-bond donors (Lipinski definition) is 1. The van der Waals surface area contributed by atoms with Gasteiger partial charge in [-0.2, -0.15) is 0 Å². The van der Waals surface area contributed by atoms with Crippen LogP contribution in [0.4, 0.5) is 0 Å². The van der Waals surface area contributed by atoms with Crippen LogP contribution < -0.4 is 10.9 Å². The minimum absolute atomic E-state index is 0.154. The fourth-order valence-corrected chi connectivity index (χ4v) is 1.98. The maximum absolute atomic E-state index is 11.8. The van der Waals surface area contributed by atoms with Crippen molar-refractivity contribution in [1.82, 2.24) is 9.88 Å². The summed E-state index contributed by atoms with van der Waals surface area (Å²) in [6.07, 6.45) is 4.16. The van der Waals surface area contributed by atoms with Crippen molar-refractivity contribution in [3.8, 4) is 0 Å². The number of aryl methyl sites for hydroxylation is 1. The molecule has 1 saturated heterocycles. The van der Waals surface area contributed by atoms with E-state index in [0.717, 1.165) is 31.5 Å². The predicted molar refractivity (Wildman–Crippen MR) is 56.6 cm³/mol. The number of nitrogens with one attached hydrogen (secondary N) is 1. The maximum Gasteiger partial charge on any atom is 0.253 e. The molecule has 1 fully saturated rings. The Labute approximate surface area is 83.8 Å². The van der Waals surface area contributed by atoms with Crippen LogP contribution in [0.2, 0.25) is 0 Å². The molecule has 76 valence electrons. The molecule has 3 heteroatoms. The molecule has 3 nitrogen and oxygen atoms in total.